The topological polar surface area (TPSA) is 29.1 Å². The van der Waals surface area contributed by atoms with Gasteiger partial charge in [0, 0.05) is 32.7 Å². The van der Waals surface area contributed by atoms with Crippen molar-refractivity contribution in [2.75, 3.05) is 0 Å². The van der Waals surface area contributed by atoms with E-state index in [0.29, 0.717) is 0 Å². The molecule has 0 atom stereocenters. The molecule has 2 nitrogen and oxygen atoms in total. The van der Waals surface area contributed by atoms with Crippen molar-refractivity contribution < 1.29 is 37.5 Å². The van der Waals surface area contributed by atoms with E-state index in [1.165, 1.54) is 0 Å². The molecule has 0 unspecified atom stereocenters. The summed E-state index contributed by atoms with van der Waals surface area (Å²) in [5.41, 5.74) is 0. The molecule has 1 radical (unpaired) electrons. The van der Waals surface area contributed by atoms with Crippen LogP contribution in [0.3, 0.4) is 0 Å². The Hall–Kier alpha value is 0.444. The van der Waals surface area contributed by atoms with Crippen molar-refractivity contribution in [3.05, 3.63) is 14.0 Å². The predicted octanol–water partition coefficient (Wildman–Crippen LogP) is -0.274. The number of nitrogens with one attached hydrogen (secondary N) is 1. The minimum Gasteiger partial charge on any atom is -0.534 e. The van der Waals surface area contributed by atoms with Crippen molar-refractivity contribution >= 4 is 5.91 Å². The summed E-state index contributed by atoms with van der Waals surface area (Å²) in [6.07, 6.45) is 0. The molecule has 33 valence electrons. The van der Waals surface area contributed by atoms with Gasteiger partial charge in [0.2, 0.25) is 0 Å². The standard InChI is InChI=1S/C3H5NO.Y/c1-3(5)4-2;/h1-2H2,(H,4,5);/q-2;. The molecule has 3 heteroatoms. The molecule has 0 rings (SSSR count). The normalized spacial score (nSPS) is 5.50. The van der Waals surface area contributed by atoms with Crippen LogP contribution in [0.5, 0.6) is 0 Å². The van der Waals surface area contributed by atoms with E-state index in [0.717, 1.165) is 0 Å². The monoisotopic (exact) mass is 160 g/mol. The molecule has 0 spiro atoms. The van der Waals surface area contributed by atoms with E-state index in [9.17, 15) is 4.79 Å². The summed E-state index contributed by atoms with van der Waals surface area (Å²) >= 11 is 0. The molecule has 0 aliphatic carbocycles. The maximum absolute atomic E-state index is 9.53. The Bertz CT molecular complexity index is 46.1. The third-order valence-corrected chi connectivity index (χ3v) is 0.197. The maximum Gasteiger partial charge on any atom is 0.0501 e. The molecule has 0 aliphatic rings. The number of carbonyl (C=O) groups is 1. The summed E-state index contributed by atoms with van der Waals surface area (Å²) in [4.78, 5) is 9.53. The van der Waals surface area contributed by atoms with Gasteiger partial charge in [-0.3, -0.25) is 7.05 Å². The van der Waals surface area contributed by atoms with Gasteiger partial charge in [-0.15, -0.1) is 0 Å². The first-order chi connectivity index (χ1) is 2.27. The average molecular weight is 160 g/mol. The van der Waals surface area contributed by atoms with Crippen LogP contribution in [0.15, 0.2) is 0 Å². The van der Waals surface area contributed by atoms with E-state index in [1.807, 2.05) is 5.32 Å². The van der Waals surface area contributed by atoms with Gasteiger partial charge in [-0.2, -0.15) is 0 Å². The number of carbonyl (C=O) groups excluding carboxylic acids is 1. The molecular weight excluding hydrogens is 155 g/mol. The molecule has 0 aliphatic heterocycles. The van der Waals surface area contributed by atoms with Gasteiger partial charge in [-0.1, -0.05) is 0 Å². The Morgan fingerprint density at radius 3 is 1.83 bits per heavy atom. The molecular formula is C3H5NOY-2. The van der Waals surface area contributed by atoms with Crippen molar-refractivity contribution in [3.8, 4) is 0 Å². The number of hydrogen-bond donors (Lipinski definition) is 1. The molecule has 0 aromatic rings. The fourth-order valence-corrected chi connectivity index (χ4v) is 0. The summed E-state index contributed by atoms with van der Waals surface area (Å²) in [7, 11) is 3.02. The Morgan fingerprint density at radius 2 is 1.83 bits per heavy atom. The van der Waals surface area contributed by atoms with Gasteiger partial charge < -0.3 is 17.0 Å². The van der Waals surface area contributed by atoms with Crippen molar-refractivity contribution in [2.45, 2.75) is 0 Å². The van der Waals surface area contributed by atoms with Crippen molar-refractivity contribution in [1.82, 2.24) is 5.32 Å². The molecule has 0 saturated heterocycles. The molecule has 0 heterocycles. The zero-order chi connectivity index (χ0) is 4.28. The van der Waals surface area contributed by atoms with Crippen molar-refractivity contribution in [3.63, 3.8) is 0 Å². The number of hydrogen-bond acceptors (Lipinski definition) is 1. The summed E-state index contributed by atoms with van der Waals surface area (Å²) in [6, 6.07) is 0. The quantitative estimate of drug-likeness (QED) is 0.485. The molecule has 0 bridgehead atoms. The third-order valence-electron chi connectivity index (χ3n) is 0.197. The van der Waals surface area contributed by atoms with Crippen molar-refractivity contribution in [2.24, 2.45) is 0 Å². The SMILES string of the molecule is [CH2-]NC([CH2-])=O.[Y]. The second kappa shape index (κ2) is 5.44. The van der Waals surface area contributed by atoms with Gasteiger partial charge in [-0.25, -0.2) is 0 Å². The smallest absolute Gasteiger partial charge is 0.0501 e. The van der Waals surface area contributed by atoms with E-state index >= 15 is 0 Å². The van der Waals surface area contributed by atoms with Crippen molar-refractivity contribution in [1.29, 1.82) is 0 Å². The van der Waals surface area contributed by atoms with Crippen LogP contribution in [0.4, 0.5) is 0 Å². The minimum atomic E-state index is -0.356. The van der Waals surface area contributed by atoms with Gasteiger partial charge in [0.1, 0.15) is 0 Å². The maximum atomic E-state index is 9.53. The van der Waals surface area contributed by atoms with Crippen LogP contribution in [-0.2, 0) is 37.5 Å². The second-order valence-corrected chi connectivity index (χ2v) is 0.600. The van der Waals surface area contributed by atoms with E-state index in [2.05, 4.69) is 14.0 Å². The number of rotatable bonds is 0. The first-order valence-corrected chi connectivity index (χ1v) is 1.16. The van der Waals surface area contributed by atoms with Crippen LogP contribution in [0.2, 0.25) is 0 Å². The van der Waals surface area contributed by atoms with Gasteiger partial charge in [0.15, 0.2) is 0 Å². The van der Waals surface area contributed by atoms with Gasteiger partial charge in [0.05, 0.1) is 5.91 Å². The van der Waals surface area contributed by atoms with Gasteiger partial charge >= 0.3 is 0 Å². The van der Waals surface area contributed by atoms with E-state index in [1.54, 1.807) is 0 Å². The first-order valence-electron chi connectivity index (χ1n) is 1.16. The molecule has 6 heavy (non-hydrogen) atoms. The molecule has 1 N–H and O–H groups in total. The zero-order valence-corrected chi connectivity index (χ0v) is 6.24. The molecule has 0 fully saturated rings. The summed E-state index contributed by atoms with van der Waals surface area (Å²) in [6.45, 7) is 2.94. The van der Waals surface area contributed by atoms with Crippen LogP contribution < -0.4 is 5.32 Å². The summed E-state index contributed by atoms with van der Waals surface area (Å²) in [5, 5.41) is 2.03. The minimum absolute atomic E-state index is 0. The van der Waals surface area contributed by atoms with Gasteiger partial charge in [-0.05, 0) is 0 Å². The predicted molar refractivity (Wildman–Crippen MR) is 18.9 cm³/mol. The Labute approximate surface area is 62.6 Å². The first kappa shape index (κ1) is 9.67. The molecule has 0 aromatic carbocycles. The van der Waals surface area contributed by atoms with E-state index < -0.39 is 0 Å². The molecule has 0 saturated carbocycles. The second-order valence-electron chi connectivity index (χ2n) is 0.600. The van der Waals surface area contributed by atoms with Crippen LogP contribution >= 0.6 is 0 Å². The summed E-state index contributed by atoms with van der Waals surface area (Å²) < 4.78 is 0. The van der Waals surface area contributed by atoms with Crippen LogP contribution in [0.1, 0.15) is 0 Å². The average Bonchev–Trinajstić information content (AvgIpc) is 1.38. The van der Waals surface area contributed by atoms with Gasteiger partial charge in [0.25, 0.3) is 0 Å². The summed E-state index contributed by atoms with van der Waals surface area (Å²) in [5.74, 6) is -0.356. The fraction of sp³-hybridized carbons (Fsp3) is 0. The Balaban J connectivity index is 0. The number of amides is 1. The molecule has 0 aromatic heterocycles. The molecule has 1 amide bonds. The fourth-order valence-electron chi connectivity index (χ4n) is 0. The Morgan fingerprint density at radius 1 is 1.67 bits per heavy atom. The zero-order valence-electron chi connectivity index (χ0n) is 3.40. The largest absolute Gasteiger partial charge is 0.534 e. The van der Waals surface area contributed by atoms with E-state index in [-0.39, 0.29) is 38.6 Å². The Kier molecular flexibility index (Phi) is 8.77. The van der Waals surface area contributed by atoms with Crippen LogP contribution in [-0.4, -0.2) is 5.91 Å². The van der Waals surface area contributed by atoms with Crippen LogP contribution in [0, 0.1) is 14.0 Å². The van der Waals surface area contributed by atoms with Crippen LogP contribution in [0.25, 0.3) is 0 Å². The van der Waals surface area contributed by atoms with E-state index in [4.69, 9.17) is 0 Å². The third kappa shape index (κ3) is 8.82.